The van der Waals surface area contributed by atoms with Crippen molar-refractivity contribution >= 4 is 36.0 Å². The van der Waals surface area contributed by atoms with Crippen LogP contribution in [0.25, 0.3) is 0 Å². The normalized spacial score (nSPS) is 18.8. The molecule has 282 valence electrons. The van der Waals surface area contributed by atoms with Crippen LogP contribution in [0.5, 0.6) is 0 Å². The standard InChI is InChI=1S/C26H39N3O4.C8H12N2O3.2C2H6/c1-19-12-11-17-29(19)22(30)21(25(2,3)4)27-24(32)28-26(15-9-6-10-16-26)23(31)33-18-20-13-7-5-8-14-20;9-8(13)7(12)6(10-4-11)3-5-1-2-5;2*1-2/h5,7-8,13-14,19,21H,6,9-12,15-18H2,1-4H3,(H2,27,28,32);4-6H,1-3H2,(H2,9,13)(H,10,11);2*1-2H3. The van der Waals surface area contributed by atoms with Crippen molar-refractivity contribution in [2.45, 2.75) is 150 Å². The molecule has 1 heterocycles. The largest absolute Gasteiger partial charge is 0.459 e. The number of likely N-dealkylation sites (tertiary alicyclic amines) is 1. The number of hydrogen-bond donors (Lipinski definition) is 4. The van der Waals surface area contributed by atoms with Crippen LogP contribution in [0.2, 0.25) is 0 Å². The first kappa shape index (κ1) is 44.1. The summed E-state index contributed by atoms with van der Waals surface area (Å²) in [4.78, 5) is 73.2. The third kappa shape index (κ3) is 14.1. The number of rotatable bonds is 12. The van der Waals surface area contributed by atoms with Crippen LogP contribution in [0, 0.1) is 11.3 Å². The molecule has 12 heteroatoms. The Morgan fingerprint density at radius 2 is 1.56 bits per heavy atom. The van der Waals surface area contributed by atoms with Gasteiger partial charge in [-0.3, -0.25) is 19.2 Å². The number of primary amides is 1. The van der Waals surface area contributed by atoms with Gasteiger partial charge >= 0.3 is 12.0 Å². The number of ketones is 1. The number of Topliss-reactive ketones (excluding diaryl/α,β-unsaturated/α-hetero) is 1. The maximum absolute atomic E-state index is 13.3. The third-order valence-electron chi connectivity index (χ3n) is 8.98. The number of benzene rings is 1. The van der Waals surface area contributed by atoms with Gasteiger partial charge in [0.25, 0.3) is 5.91 Å². The lowest BCUT2D eigenvalue weighted by Crippen LogP contribution is -2.63. The fourth-order valence-electron chi connectivity index (χ4n) is 6.05. The second-order valence-corrected chi connectivity index (χ2v) is 13.9. The molecule has 0 spiro atoms. The molecule has 3 fully saturated rings. The lowest BCUT2D eigenvalue weighted by molar-refractivity contribution is -0.154. The lowest BCUT2D eigenvalue weighted by atomic mass is 9.81. The Hall–Kier alpha value is -3.96. The van der Waals surface area contributed by atoms with Crippen molar-refractivity contribution in [3.05, 3.63) is 35.9 Å². The molecule has 5 amide bonds. The summed E-state index contributed by atoms with van der Waals surface area (Å²) >= 11 is 0. The van der Waals surface area contributed by atoms with E-state index in [2.05, 4.69) is 16.0 Å². The van der Waals surface area contributed by atoms with E-state index in [1.807, 2.05) is 90.6 Å². The molecule has 1 saturated heterocycles. The second kappa shape index (κ2) is 22.0. The van der Waals surface area contributed by atoms with Crippen LogP contribution in [-0.4, -0.2) is 71.1 Å². The number of ether oxygens (including phenoxy) is 1. The molecule has 2 aliphatic carbocycles. The molecule has 3 aliphatic rings. The summed E-state index contributed by atoms with van der Waals surface area (Å²) < 4.78 is 5.63. The van der Waals surface area contributed by atoms with Crippen LogP contribution in [0.1, 0.15) is 125 Å². The highest BCUT2D eigenvalue weighted by Gasteiger charge is 2.44. The van der Waals surface area contributed by atoms with Gasteiger partial charge in [0.15, 0.2) is 0 Å². The Morgan fingerprint density at radius 3 is 2.04 bits per heavy atom. The second-order valence-electron chi connectivity index (χ2n) is 13.9. The van der Waals surface area contributed by atoms with E-state index in [1.54, 1.807) is 0 Å². The average molecular weight is 702 g/mol. The number of carbonyl (C=O) groups excluding carboxylic acids is 6. The summed E-state index contributed by atoms with van der Waals surface area (Å²) in [7, 11) is 0. The minimum absolute atomic E-state index is 0.0630. The summed E-state index contributed by atoms with van der Waals surface area (Å²) in [5, 5.41) is 8.14. The summed E-state index contributed by atoms with van der Waals surface area (Å²) in [6.07, 6.45) is 8.79. The van der Waals surface area contributed by atoms with Crippen LogP contribution in [-0.2, 0) is 35.3 Å². The van der Waals surface area contributed by atoms with E-state index in [4.69, 9.17) is 10.5 Å². The molecule has 5 N–H and O–H groups in total. The molecule has 0 aromatic heterocycles. The molecule has 50 heavy (non-hydrogen) atoms. The molecule has 1 aliphatic heterocycles. The van der Waals surface area contributed by atoms with Crippen molar-refractivity contribution in [3.63, 3.8) is 0 Å². The summed E-state index contributed by atoms with van der Waals surface area (Å²) in [5.74, 6) is -1.71. The highest BCUT2D eigenvalue weighted by Crippen LogP contribution is 2.33. The lowest BCUT2D eigenvalue weighted by Gasteiger charge is -2.38. The van der Waals surface area contributed by atoms with E-state index in [9.17, 15) is 28.8 Å². The van der Waals surface area contributed by atoms with Crippen molar-refractivity contribution in [2.24, 2.45) is 17.1 Å². The number of hydrogen-bond acceptors (Lipinski definition) is 7. The molecule has 1 aromatic carbocycles. The van der Waals surface area contributed by atoms with E-state index in [0.29, 0.717) is 38.1 Å². The van der Waals surface area contributed by atoms with Gasteiger partial charge in [0, 0.05) is 12.6 Å². The number of carbonyl (C=O) groups is 6. The zero-order valence-corrected chi connectivity index (χ0v) is 31.6. The molecule has 1 aromatic rings. The molecule has 3 atom stereocenters. The average Bonchev–Trinajstić information content (AvgIpc) is 3.83. The number of nitrogens with one attached hydrogen (secondary N) is 3. The Balaban J connectivity index is 0.000000613. The monoisotopic (exact) mass is 701 g/mol. The fraction of sp³-hybridized carbons (Fsp3) is 0.684. The molecule has 3 unspecified atom stereocenters. The van der Waals surface area contributed by atoms with Crippen molar-refractivity contribution in [3.8, 4) is 0 Å². The molecule has 0 radical (unpaired) electrons. The van der Waals surface area contributed by atoms with Gasteiger partial charge in [0.05, 0.1) is 6.04 Å². The number of nitrogens with two attached hydrogens (primary N) is 1. The van der Waals surface area contributed by atoms with Gasteiger partial charge in [-0.15, -0.1) is 0 Å². The van der Waals surface area contributed by atoms with E-state index >= 15 is 0 Å². The third-order valence-corrected chi connectivity index (χ3v) is 8.98. The first-order chi connectivity index (χ1) is 23.8. The van der Waals surface area contributed by atoms with E-state index in [1.165, 1.54) is 0 Å². The smallest absolute Gasteiger partial charge is 0.332 e. The van der Waals surface area contributed by atoms with Gasteiger partial charge in [-0.1, -0.05) is 111 Å². The Bertz CT molecular complexity index is 1220. The van der Waals surface area contributed by atoms with Gasteiger partial charge in [-0.05, 0) is 55.9 Å². The zero-order valence-electron chi connectivity index (χ0n) is 31.6. The Kier molecular flexibility index (Phi) is 19.4. The maximum atomic E-state index is 13.3. The van der Waals surface area contributed by atoms with Crippen LogP contribution >= 0.6 is 0 Å². The van der Waals surface area contributed by atoms with Gasteiger partial charge < -0.3 is 31.3 Å². The number of urea groups is 1. The van der Waals surface area contributed by atoms with Crippen LogP contribution < -0.4 is 21.7 Å². The quantitative estimate of drug-likeness (QED) is 0.132. The molecular weight excluding hydrogens is 638 g/mol. The van der Waals surface area contributed by atoms with Crippen molar-refractivity contribution < 1.29 is 33.5 Å². The first-order valence-electron chi connectivity index (χ1n) is 18.4. The summed E-state index contributed by atoms with van der Waals surface area (Å²) in [6.45, 7) is 16.8. The predicted octanol–water partition coefficient (Wildman–Crippen LogP) is 5.17. The van der Waals surface area contributed by atoms with Crippen molar-refractivity contribution in [1.29, 1.82) is 0 Å². The van der Waals surface area contributed by atoms with E-state index in [-0.39, 0.29) is 18.6 Å². The highest BCUT2D eigenvalue weighted by molar-refractivity contribution is 6.37. The van der Waals surface area contributed by atoms with Gasteiger partial charge in [-0.2, -0.15) is 0 Å². The zero-order chi connectivity index (χ0) is 37.9. The topological polar surface area (TPSA) is 177 Å². The molecule has 0 bridgehead atoms. The summed E-state index contributed by atoms with van der Waals surface area (Å²) in [5.41, 5.74) is 4.19. The van der Waals surface area contributed by atoms with Gasteiger partial charge in [0.1, 0.15) is 18.2 Å². The minimum atomic E-state index is -1.07. The van der Waals surface area contributed by atoms with Crippen LogP contribution in [0.3, 0.4) is 0 Å². The fourth-order valence-corrected chi connectivity index (χ4v) is 6.05. The highest BCUT2D eigenvalue weighted by atomic mass is 16.5. The van der Waals surface area contributed by atoms with Crippen molar-refractivity contribution in [2.75, 3.05) is 6.54 Å². The Morgan fingerprint density at radius 1 is 0.960 bits per heavy atom. The summed E-state index contributed by atoms with van der Waals surface area (Å²) in [6, 6.07) is 7.79. The van der Waals surface area contributed by atoms with Gasteiger partial charge in [-0.25, -0.2) is 9.59 Å². The number of nitrogens with zero attached hydrogens (tertiary/aromatic N) is 1. The molecule has 12 nitrogen and oxygen atoms in total. The molecular formula is C38H63N5O7. The van der Waals surface area contributed by atoms with E-state index in [0.717, 1.165) is 50.5 Å². The number of esters is 1. The molecule has 4 rings (SSSR count). The Labute approximate surface area is 299 Å². The van der Waals surface area contributed by atoms with Crippen molar-refractivity contribution in [1.82, 2.24) is 20.9 Å². The van der Waals surface area contributed by atoms with Crippen LogP contribution in [0.15, 0.2) is 30.3 Å². The molecule has 2 saturated carbocycles. The van der Waals surface area contributed by atoms with E-state index < -0.39 is 46.7 Å². The maximum Gasteiger partial charge on any atom is 0.332 e. The SMILES string of the molecule is CC.CC.CC1CCCN1C(=O)C(NC(=O)NC1(C(=O)OCc2ccccc2)CCCCC1)C(C)(C)C.NC(=O)C(=O)C(CC1CC1)NC=O. The predicted molar refractivity (Wildman–Crippen MR) is 195 cm³/mol. The number of amides is 5. The van der Waals surface area contributed by atoms with Crippen LogP contribution in [0.4, 0.5) is 4.79 Å². The minimum Gasteiger partial charge on any atom is -0.459 e. The first-order valence-corrected chi connectivity index (χ1v) is 18.4. The van der Waals surface area contributed by atoms with Gasteiger partial charge in [0.2, 0.25) is 18.1 Å².